The van der Waals surface area contributed by atoms with Crippen molar-refractivity contribution in [2.75, 3.05) is 20.3 Å². The molecule has 0 aromatic carbocycles. The molecule has 1 rings (SSSR count). The molecule has 1 N–H and O–H groups in total. The molecule has 1 heterocycles. The van der Waals surface area contributed by atoms with Crippen LogP contribution in [0.3, 0.4) is 0 Å². The van der Waals surface area contributed by atoms with E-state index in [0.29, 0.717) is 26.0 Å². The Morgan fingerprint density at radius 1 is 1.50 bits per heavy atom. The number of carbonyl (C=O) groups is 1. The molecule has 0 radical (unpaired) electrons. The highest BCUT2D eigenvalue weighted by Crippen LogP contribution is 2.13. The van der Waals surface area contributed by atoms with E-state index in [4.69, 9.17) is 9.26 Å². The van der Waals surface area contributed by atoms with Crippen LogP contribution in [0.1, 0.15) is 23.4 Å². The molecule has 0 unspecified atom stereocenters. The third-order valence-electron chi connectivity index (χ3n) is 2.41. The smallest absolute Gasteiger partial charge is 0.220 e. The normalized spacial score (nSPS) is 10.4. The number of carbonyl (C=O) groups excluding carboxylic acids is 1. The van der Waals surface area contributed by atoms with Gasteiger partial charge in [-0.25, -0.2) is 0 Å². The van der Waals surface area contributed by atoms with E-state index in [-0.39, 0.29) is 5.91 Å². The zero-order valence-corrected chi connectivity index (χ0v) is 10.0. The van der Waals surface area contributed by atoms with Crippen molar-refractivity contribution in [2.45, 2.75) is 26.7 Å². The van der Waals surface area contributed by atoms with Gasteiger partial charge in [0, 0.05) is 25.6 Å². The van der Waals surface area contributed by atoms with E-state index in [1.807, 2.05) is 13.8 Å². The Hall–Kier alpha value is -1.36. The van der Waals surface area contributed by atoms with E-state index in [2.05, 4.69) is 10.5 Å². The molecule has 0 saturated heterocycles. The Morgan fingerprint density at radius 3 is 2.81 bits per heavy atom. The highest BCUT2D eigenvalue weighted by atomic mass is 16.5. The lowest BCUT2D eigenvalue weighted by molar-refractivity contribution is -0.121. The van der Waals surface area contributed by atoms with Crippen molar-refractivity contribution >= 4 is 5.91 Å². The second-order valence-corrected chi connectivity index (χ2v) is 3.65. The van der Waals surface area contributed by atoms with Gasteiger partial charge < -0.3 is 14.6 Å². The van der Waals surface area contributed by atoms with Gasteiger partial charge in [-0.05, 0) is 20.3 Å². The average molecular weight is 226 g/mol. The van der Waals surface area contributed by atoms with Gasteiger partial charge in [-0.3, -0.25) is 4.79 Å². The second-order valence-electron chi connectivity index (χ2n) is 3.65. The van der Waals surface area contributed by atoms with Crippen LogP contribution in [0.15, 0.2) is 4.52 Å². The molecule has 0 saturated carbocycles. The lowest BCUT2D eigenvalue weighted by atomic mass is 10.1. The van der Waals surface area contributed by atoms with Crippen LogP contribution >= 0.6 is 0 Å². The first-order chi connectivity index (χ1) is 7.65. The quantitative estimate of drug-likeness (QED) is 0.734. The summed E-state index contributed by atoms with van der Waals surface area (Å²) in [5, 5.41) is 6.61. The van der Waals surface area contributed by atoms with Gasteiger partial charge in [-0.15, -0.1) is 0 Å². The summed E-state index contributed by atoms with van der Waals surface area (Å²) in [5.74, 6) is 0.819. The number of aryl methyl sites for hydroxylation is 2. The van der Waals surface area contributed by atoms with Crippen molar-refractivity contribution < 1.29 is 14.1 Å². The summed E-state index contributed by atoms with van der Waals surface area (Å²) < 4.78 is 9.87. The second kappa shape index (κ2) is 6.27. The van der Waals surface area contributed by atoms with Crippen molar-refractivity contribution in [2.24, 2.45) is 0 Å². The molecule has 1 aromatic rings. The lowest BCUT2D eigenvalue weighted by Gasteiger charge is -2.03. The minimum Gasteiger partial charge on any atom is -0.383 e. The molecule has 0 spiro atoms. The molecule has 1 aromatic heterocycles. The van der Waals surface area contributed by atoms with Crippen LogP contribution in [0.4, 0.5) is 0 Å². The summed E-state index contributed by atoms with van der Waals surface area (Å²) in [6.45, 7) is 4.83. The Bertz CT molecular complexity index is 327. The number of hydrogen-bond acceptors (Lipinski definition) is 4. The maximum atomic E-state index is 11.4. The van der Waals surface area contributed by atoms with Gasteiger partial charge in [0.05, 0.1) is 12.3 Å². The predicted octanol–water partition coefficient (Wildman–Crippen LogP) is 0.987. The third kappa shape index (κ3) is 3.66. The summed E-state index contributed by atoms with van der Waals surface area (Å²) in [4.78, 5) is 11.4. The van der Waals surface area contributed by atoms with E-state index in [0.717, 1.165) is 17.0 Å². The molecular formula is C11H18N2O3. The van der Waals surface area contributed by atoms with Crippen LogP contribution < -0.4 is 5.32 Å². The summed E-state index contributed by atoms with van der Waals surface area (Å²) >= 11 is 0. The van der Waals surface area contributed by atoms with E-state index in [9.17, 15) is 4.79 Å². The number of rotatable bonds is 6. The lowest BCUT2D eigenvalue weighted by Crippen LogP contribution is -2.27. The molecule has 0 aliphatic rings. The first kappa shape index (κ1) is 12.7. The molecule has 0 aliphatic carbocycles. The van der Waals surface area contributed by atoms with Crippen LogP contribution in [0.2, 0.25) is 0 Å². The SMILES string of the molecule is COCCNC(=O)CCc1c(C)noc1C. The fraction of sp³-hybridized carbons (Fsp3) is 0.636. The van der Waals surface area contributed by atoms with E-state index in [1.54, 1.807) is 7.11 Å². The van der Waals surface area contributed by atoms with Gasteiger partial charge >= 0.3 is 0 Å². The maximum Gasteiger partial charge on any atom is 0.220 e. The highest BCUT2D eigenvalue weighted by Gasteiger charge is 2.10. The fourth-order valence-electron chi connectivity index (χ4n) is 1.48. The summed E-state index contributed by atoms with van der Waals surface area (Å²) in [5.41, 5.74) is 1.89. The summed E-state index contributed by atoms with van der Waals surface area (Å²) in [6.07, 6.45) is 1.12. The van der Waals surface area contributed by atoms with Crippen LogP contribution in [0.5, 0.6) is 0 Å². The number of nitrogens with one attached hydrogen (secondary N) is 1. The number of aromatic nitrogens is 1. The van der Waals surface area contributed by atoms with Crippen LogP contribution in [-0.4, -0.2) is 31.3 Å². The van der Waals surface area contributed by atoms with Crippen LogP contribution in [0, 0.1) is 13.8 Å². The Balaban J connectivity index is 2.32. The molecule has 0 fully saturated rings. The zero-order chi connectivity index (χ0) is 12.0. The third-order valence-corrected chi connectivity index (χ3v) is 2.41. The van der Waals surface area contributed by atoms with E-state index in [1.165, 1.54) is 0 Å². The van der Waals surface area contributed by atoms with E-state index >= 15 is 0 Å². The molecule has 5 heteroatoms. The van der Waals surface area contributed by atoms with Crippen molar-refractivity contribution in [1.29, 1.82) is 0 Å². The first-order valence-electron chi connectivity index (χ1n) is 5.32. The highest BCUT2D eigenvalue weighted by molar-refractivity contribution is 5.76. The van der Waals surface area contributed by atoms with Gasteiger partial charge in [0.2, 0.25) is 5.91 Å². The molecule has 0 bridgehead atoms. The predicted molar refractivity (Wildman–Crippen MR) is 59.2 cm³/mol. The summed E-state index contributed by atoms with van der Waals surface area (Å²) in [6, 6.07) is 0. The maximum absolute atomic E-state index is 11.4. The molecule has 5 nitrogen and oxygen atoms in total. The molecule has 0 atom stereocenters. The van der Waals surface area contributed by atoms with Crippen molar-refractivity contribution in [3.63, 3.8) is 0 Å². The van der Waals surface area contributed by atoms with Crippen molar-refractivity contribution in [1.82, 2.24) is 10.5 Å². The zero-order valence-electron chi connectivity index (χ0n) is 10.0. The average Bonchev–Trinajstić information content (AvgIpc) is 2.57. The minimum absolute atomic E-state index is 0.0250. The monoisotopic (exact) mass is 226 g/mol. The van der Waals surface area contributed by atoms with Gasteiger partial charge in [-0.1, -0.05) is 5.16 Å². The number of hydrogen-bond donors (Lipinski definition) is 1. The van der Waals surface area contributed by atoms with E-state index < -0.39 is 0 Å². The van der Waals surface area contributed by atoms with Crippen LogP contribution in [-0.2, 0) is 16.0 Å². The Labute approximate surface area is 95.1 Å². The summed E-state index contributed by atoms with van der Waals surface area (Å²) in [7, 11) is 1.61. The first-order valence-corrected chi connectivity index (χ1v) is 5.32. The van der Waals surface area contributed by atoms with Crippen molar-refractivity contribution in [3.05, 3.63) is 17.0 Å². The standard InChI is InChI=1S/C11H18N2O3/c1-8-10(9(2)16-13-8)4-5-11(14)12-6-7-15-3/h4-7H2,1-3H3,(H,12,14). The number of methoxy groups -OCH3 is 1. The van der Waals surface area contributed by atoms with Gasteiger partial charge in [0.25, 0.3) is 0 Å². The molecule has 1 amide bonds. The molecule has 0 aliphatic heterocycles. The van der Waals surface area contributed by atoms with Gasteiger partial charge in [-0.2, -0.15) is 0 Å². The largest absolute Gasteiger partial charge is 0.383 e. The minimum atomic E-state index is 0.0250. The Morgan fingerprint density at radius 2 is 2.25 bits per heavy atom. The van der Waals surface area contributed by atoms with Gasteiger partial charge in [0.1, 0.15) is 5.76 Å². The Kier molecular flexibility index (Phi) is 4.98. The topological polar surface area (TPSA) is 64.4 Å². The molecule has 90 valence electrons. The molecular weight excluding hydrogens is 208 g/mol. The fourth-order valence-corrected chi connectivity index (χ4v) is 1.48. The number of amides is 1. The number of ether oxygens (including phenoxy) is 1. The molecule has 16 heavy (non-hydrogen) atoms. The van der Waals surface area contributed by atoms with Gasteiger partial charge in [0.15, 0.2) is 0 Å². The van der Waals surface area contributed by atoms with Crippen LogP contribution in [0.25, 0.3) is 0 Å². The van der Waals surface area contributed by atoms with Crippen molar-refractivity contribution in [3.8, 4) is 0 Å². The number of nitrogens with zero attached hydrogens (tertiary/aromatic N) is 1.